The molecule has 132 valence electrons. The van der Waals surface area contributed by atoms with E-state index in [9.17, 15) is 9.59 Å². The zero-order chi connectivity index (χ0) is 19.2. The second kappa shape index (κ2) is 8.03. The molecule has 0 aliphatic heterocycles. The predicted octanol–water partition coefficient (Wildman–Crippen LogP) is 4.32. The molecule has 0 radical (unpaired) electrons. The number of rotatable bonds is 3. The second-order valence-corrected chi connectivity index (χ2v) is 5.88. The van der Waals surface area contributed by atoms with E-state index in [1.165, 1.54) is 29.8 Å². The van der Waals surface area contributed by atoms with Gasteiger partial charge in [0.15, 0.2) is 0 Å². The summed E-state index contributed by atoms with van der Waals surface area (Å²) >= 11 is 0. The molecular formula is C23H16O4. The van der Waals surface area contributed by atoms with Crippen LogP contribution in [0.15, 0.2) is 72.8 Å². The first-order chi connectivity index (χ1) is 13.0. The van der Waals surface area contributed by atoms with Crippen LogP contribution in [0.2, 0.25) is 0 Å². The van der Waals surface area contributed by atoms with Gasteiger partial charge in [0.25, 0.3) is 0 Å². The number of carboxylic acids is 1. The molecule has 0 spiro atoms. The molecule has 3 aromatic carbocycles. The highest BCUT2D eigenvalue weighted by Gasteiger charge is 2.06. The predicted molar refractivity (Wildman–Crippen MR) is 103 cm³/mol. The van der Waals surface area contributed by atoms with Crippen LogP contribution >= 0.6 is 0 Å². The van der Waals surface area contributed by atoms with E-state index in [1.807, 2.05) is 55.5 Å². The number of hydrogen-bond acceptors (Lipinski definition) is 3. The molecule has 0 bridgehead atoms. The average Bonchev–Trinajstić information content (AvgIpc) is 2.68. The molecule has 0 fully saturated rings. The lowest BCUT2D eigenvalue weighted by molar-refractivity contribution is -0.128. The number of carboxylic acid groups (broad SMARTS) is 1. The normalized spacial score (nSPS) is 9.81. The molecule has 3 aromatic rings. The lowest BCUT2D eigenvalue weighted by atomic mass is 9.99. The molecule has 0 saturated heterocycles. The minimum Gasteiger partial charge on any atom is -0.478 e. The molecular weight excluding hydrogens is 340 g/mol. The molecule has 0 heterocycles. The molecule has 4 heteroatoms. The van der Waals surface area contributed by atoms with Crippen molar-refractivity contribution in [2.75, 3.05) is 0 Å². The Morgan fingerprint density at radius 2 is 1.56 bits per heavy atom. The van der Waals surface area contributed by atoms with Gasteiger partial charge in [-0.3, -0.25) is 0 Å². The number of ether oxygens (including phenoxy) is 1. The van der Waals surface area contributed by atoms with Gasteiger partial charge in [-0.1, -0.05) is 53.9 Å². The molecule has 1 N–H and O–H groups in total. The van der Waals surface area contributed by atoms with Crippen LogP contribution in [0.25, 0.3) is 11.1 Å². The maximum absolute atomic E-state index is 12.0. The minimum absolute atomic E-state index is 0.118. The summed E-state index contributed by atoms with van der Waals surface area (Å²) < 4.78 is 5.13. The lowest BCUT2D eigenvalue weighted by Crippen LogP contribution is -2.05. The van der Waals surface area contributed by atoms with E-state index < -0.39 is 11.9 Å². The number of hydrogen-bond donors (Lipinski definition) is 1. The maximum Gasteiger partial charge on any atom is 0.390 e. The first kappa shape index (κ1) is 18.0. The number of aryl methyl sites for hydroxylation is 1. The molecule has 4 nitrogen and oxygen atoms in total. The molecule has 0 saturated carbocycles. The van der Waals surface area contributed by atoms with Crippen LogP contribution in [-0.4, -0.2) is 17.0 Å². The van der Waals surface area contributed by atoms with Crippen LogP contribution in [0.3, 0.4) is 0 Å². The van der Waals surface area contributed by atoms with Gasteiger partial charge in [-0.25, -0.2) is 9.59 Å². The van der Waals surface area contributed by atoms with Crippen molar-refractivity contribution in [2.24, 2.45) is 0 Å². The Kier molecular flexibility index (Phi) is 5.34. The van der Waals surface area contributed by atoms with Crippen molar-refractivity contribution in [3.05, 3.63) is 89.5 Å². The zero-order valence-corrected chi connectivity index (χ0v) is 14.6. The Hall–Kier alpha value is -3.84. The van der Waals surface area contributed by atoms with Crippen molar-refractivity contribution in [1.29, 1.82) is 0 Å². The molecule has 0 aromatic heterocycles. The molecule has 0 atom stereocenters. The van der Waals surface area contributed by atoms with Gasteiger partial charge in [-0.15, -0.1) is 0 Å². The summed E-state index contributed by atoms with van der Waals surface area (Å²) in [5, 5.41) is 8.87. The summed E-state index contributed by atoms with van der Waals surface area (Å²) in [6.07, 6.45) is 0. The molecule has 0 aliphatic rings. The van der Waals surface area contributed by atoms with E-state index in [4.69, 9.17) is 9.84 Å². The van der Waals surface area contributed by atoms with Crippen molar-refractivity contribution >= 4 is 11.9 Å². The molecule has 3 rings (SSSR count). The van der Waals surface area contributed by atoms with Crippen molar-refractivity contribution in [3.63, 3.8) is 0 Å². The smallest absolute Gasteiger partial charge is 0.390 e. The van der Waals surface area contributed by atoms with Crippen molar-refractivity contribution in [2.45, 2.75) is 6.92 Å². The Balaban J connectivity index is 1.78. The molecule has 0 aliphatic carbocycles. The fourth-order valence-corrected chi connectivity index (χ4v) is 2.49. The fourth-order valence-electron chi connectivity index (χ4n) is 2.49. The van der Waals surface area contributed by atoms with Gasteiger partial charge in [0.05, 0.1) is 5.56 Å². The monoisotopic (exact) mass is 356 g/mol. The van der Waals surface area contributed by atoms with Gasteiger partial charge in [0.1, 0.15) is 5.75 Å². The van der Waals surface area contributed by atoms with Crippen LogP contribution in [0.5, 0.6) is 5.75 Å². The highest BCUT2D eigenvalue weighted by atomic mass is 16.5. The largest absolute Gasteiger partial charge is 0.478 e. The maximum atomic E-state index is 12.0. The third-order valence-electron chi connectivity index (χ3n) is 3.90. The van der Waals surface area contributed by atoms with E-state index in [0.29, 0.717) is 0 Å². The Morgan fingerprint density at radius 3 is 2.22 bits per heavy atom. The highest BCUT2D eigenvalue weighted by molar-refractivity contribution is 5.92. The zero-order valence-electron chi connectivity index (χ0n) is 14.6. The number of carbonyl (C=O) groups is 2. The van der Waals surface area contributed by atoms with Gasteiger partial charge in [0, 0.05) is 11.5 Å². The lowest BCUT2D eigenvalue weighted by Gasteiger charge is -2.05. The Morgan fingerprint density at radius 1 is 0.889 bits per heavy atom. The van der Waals surface area contributed by atoms with Crippen LogP contribution in [0.1, 0.15) is 21.5 Å². The standard InChI is InChI=1S/C23H16O4/c1-16-6-8-18(9-7-16)21-5-3-2-4-17(21)12-15-22(24)27-20-13-10-19(11-14-20)23(25)26/h2-11,13-14H,1H3,(H,25,26). The third kappa shape index (κ3) is 4.62. The summed E-state index contributed by atoms with van der Waals surface area (Å²) in [4.78, 5) is 22.8. The SMILES string of the molecule is Cc1ccc(-c2ccccc2C#CC(=O)Oc2ccc(C(=O)O)cc2)cc1. The second-order valence-electron chi connectivity index (χ2n) is 5.88. The van der Waals surface area contributed by atoms with Crippen LogP contribution in [0, 0.1) is 18.8 Å². The van der Waals surface area contributed by atoms with Crippen molar-refractivity contribution in [3.8, 4) is 28.7 Å². The summed E-state index contributed by atoms with van der Waals surface area (Å²) in [5.74, 6) is 3.83. The van der Waals surface area contributed by atoms with E-state index in [1.54, 1.807) is 0 Å². The quantitative estimate of drug-likeness (QED) is 0.431. The van der Waals surface area contributed by atoms with E-state index in [2.05, 4.69) is 11.8 Å². The van der Waals surface area contributed by atoms with Gasteiger partial charge in [0.2, 0.25) is 0 Å². The number of benzene rings is 3. The topological polar surface area (TPSA) is 63.6 Å². The summed E-state index contributed by atoms with van der Waals surface area (Å²) in [6, 6.07) is 21.2. The Labute approximate surface area is 157 Å². The highest BCUT2D eigenvalue weighted by Crippen LogP contribution is 2.23. The van der Waals surface area contributed by atoms with Gasteiger partial charge in [-0.05, 0) is 48.4 Å². The van der Waals surface area contributed by atoms with Gasteiger partial charge < -0.3 is 9.84 Å². The first-order valence-electron chi connectivity index (χ1n) is 8.26. The summed E-state index contributed by atoms with van der Waals surface area (Å²) in [7, 11) is 0. The summed E-state index contributed by atoms with van der Waals surface area (Å²) in [5.41, 5.74) is 3.96. The number of carbonyl (C=O) groups excluding carboxylic acids is 1. The number of aromatic carboxylic acids is 1. The van der Waals surface area contributed by atoms with E-state index in [0.717, 1.165) is 16.7 Å². The third-order valence-corrected chi connectivity index (χ3v) is 3.90. The van der Waals surface area contributed by atoms with Crippen LogP contribution < -0.4 is 4.74 Å². The first-order valence-corrected chi connectivity index (χ1v) is 8.26. The molecule has 27 heavy (non-hydrogen) atoms. The van der Waals surface area contributed by atoms with Gasteiger partial charge in [-0.2, -0.15) is 0 Å². The van der Waals surface area contributed by atoms with Crippen molar-refractivity contribution in [1.82, 2.24) is 0 Å². The van der Waals surface area contributed by atoms with Crippen LogP contribution in [0.4, 0.5) is 0 Å². The van der Waals surface area contributed by atoms with Crippen LogP contribution in [-0.2, 0) is 4.79 Å². The van der Waals surface area contributed by atoms with E-state index >= 15 is 0 Å². The minimum atomic E-state index is -1.04. The molecule has 0 unspecified atom stereocenters. The van der Waals surface area contributed by atoms with Crippen molar-refractivity contribution < 1.29 is 19.4 Å². The number of esters is 1. The Bertz CT molecular complexity index is 1040. The molecule has 0 amide bonds. The van der Waals surface area contributed by atoms with E-state index in [-0.39, 0.29) is 11.3 Å². The fraction of sp³-hybridized carbons (Fsp3) is 0.0435. The average molecular weight is 356 g/mol. The summed E-state index contributed by atoms with van der Waals surface area (Å²) in [6.45, 7) is 2.02. The van der Waals surface area contributed by atoms with Gasteiger partial charge >= 0.3 is 11.9 Å².